The number of anilines is 2. The minimum Gasteiger partial charge on any atom is -0.397 e. The van der Waals surface area contributed by atoms with Gasteiger partial charge in [-0.15, -0.1) is 0 Å². The van der Waals surface area contributed by atoms with Gasteiger partial charge < -0.3 is 15.4 Å². The molecule has 0 amide bonds. The summed E-state index contributed by atoms with van der Waals surface area (Å²) < 4.78 is 4.96. The summed E-state index contributed by atoms with van der Waals surface area (Å²) in [6.45, 7) is 1.47. The van der Waals surface area contributed by atoms with Crippen molar-refractivity contribution in [1.29, 1.82) is 0 Å². The van der Waals surface area contributed by atoms with E-state index in [1.54, 1.807) is 13.2 Å². The van der Waals surface area contributed by atoms with Gasteiger partial charge in [0.15, 0.2) is 0 Å². The maximum absolute atomic E-state index is 10.6. The van der Waals surface area contributed by atoms with Crippen molar-refractivity contribution in [1.82, 2.24) is 0 Å². The summed E-state index contributed by atoms with van der Waals surface area (Å²) in [5.41, 5.74) is 7.01. The van der Waals surface area contributed by atoms with Crippen LogP contribution in [-0.4, -0.2) is 32.2 Å². The average Bonchev–Trinajstić information content (AvgIpc) is 2.28. The molecule has 1 aromatic rings. The molecule has 0 aliphatic heterocycles. The zero-order valence-electron chi connectivity index (χ0n) is 10.0. The number of methoxy groups -OCH3 is 1. The number of non-ortho nitro benzene ring substituents is 1. The molecule has 2 N–H and O–H groups in total. The third-order valence-corrected chi connectivity index (χ3v) is 2.48. The highest BCUT2D eigenvalue weighted by atomic mass is 16.6. The molecule has 0 saturated heterocycles. The first kappa shape index (κ1) is 13.2. The van der Waals surface area contributed by atoms with Crippen LogP contribution in [0, 0.1) is 10.1 Å². The normalized spacial score (nSPS) is 10.2. The third kappa shape index (κ3) is 3.60. The molecular formula is C11H17N3O3. The van der Waals surface area contributed by atoms with Crippen LogP contribution in [0.3, 0.4) is 0 Å². The van der Waals surface area contributed by atoms with Gasteiger partial charge in [-0.25, -0.2) is 0 Å². The Hall–Kier alpha value is -1.82. The molecule has 0 bridgehead atoms. The molecule has 0 saturated carbocycles. The first-order valence-electron chi connectivity index (χ1n) is 5.30. The Balaban J connectivity index is 2.74. The zero-order valence-corrected chi connectivity index (χ0v) is 10.0. The molecule has 0 aliphatic carbocycles. The molecule has 6 nitrogen and oxygen atoms in total. The predicted molar refractivity (Wildman–Crippen MR) is 67.3 cm³/mol. The molecule has 0 fully saturated rings. The van der Waals surface area contributed by atoms with Crippen LogP contribution in [0.15, 0.2) is 18.2 Å². The third-order valence-electron chi connectivity index (χ3n) is 2.48. The molecule has 1 aromatic carbocycles. The van der Waals surface area contributed by atoms with Crippen molar-refractivity contribution in [2.24, 2.45) is 0 Å². The van der Waals surface area contributed by atoms with Gasteiger partial charge >= 0.3 is 0 Å². The molecule has 6 heteroatoms. The van der Waals surface area contributed by atoms with Gasteiger partial charge in [0.05, 0.1) is 16.3 Å². The largest absolute Gasteiger partial charge is 0.397 e. The van der Waals surface area contributed by atoms with Crippen LogP contribution in [0.5, 0.6) is 0 Å². The predicted octanol–water partition coefficient (Wildman–Crippen LogP) is 1.65. The van der Waals surface area contributed by atoms with E-state index in [2.05, 4.69) is 0 Å². The number of benzene rings is 1. The first-order valence-corrected chi connectivity index (χ1v) is 5.30. The lowest BCUT2D eigenvalue weighted by molar-refractivity contribution is -0.384. The number of nitro groups is 1. The molecule has 17 heavy (non-hydrogen) atoms. The molecule has 0 unspecified atom stereocenters. The Labute approximate surface area is 100 Å². The minimum absolute atomic E-state index is 0.0107. The zero-order chi connectivity index (χ0) is 12.8. The fourth-order valence-corrected chi connectivity index (χ4v) is 1.57. The van der Waals surface area contributed by atoms with Crippen molar-refractivity contribution >= 4 is 17.1 Å². The number of rotatable bonds is 6. The lowest BCUT2D eigenvalue weighted by Gasteiger charge is -2.20. The second-order valence-corrected chi connectivity index (χ2v) is 3.77. The quantitative estimate of drug-likeness (QED) is 0.353. The van der Waals surface area contributed by atoms with Gasteiger partial charge in [-0.3, -0.25) is 10.1 Å². The standard InChI is InChI=1S/C11H17N3O3/c1-13(6-3-7-17-2)11-5-4-9(14(15)16)8-10(11)12/h4-5,8H,3,6-7,12H2,1-2H3. The molecule has 0 spiro atoms. The second-order valence-electron chi connectivity index (χ2n) is 3.77. The van der Waals surface area contributed by atoms with E-state index in [1.807, 2.05) is 11.9 Å². The van der Waals surface area contributed by atoms with Gasteiger partial charge in [0.2, 0.25) is 0 Å². The molecule has 0 aliphatic rings. The van der Waals surface area contributed by atoms with Crippen LogP contribution in [0.4, 0.5) is 17.1 Å². The fourth-order valence-electron chi connectivity index (χ4n) is 1.57. The van der Waals surface area contributed by atoms with E-state index in [9.17, 15) is 10.1 Å². The number of nitrogen functional groups attached to an aromatic ring is 1. The van der Waals surface area contributed by atoms with E-state index in [-0.39, 0.29) is 5.69 Å². The molecule has 0 atom stereocenters. The highest BCUT2D eigenvalue weighted by molar-refractivity contribution is 5.70. The van der Waals surface area contributed by atoms with E-state index in [4.69, 9.17) is 10.5 Å². The average molecular weight is 239 g/mol. The van der Waals surface area contributed by atoms with Crippen LogP contribution in [0.1, 0.15) is 6.42 Å². The van der Waals surface area contributed by atoms with Gasteiger partial charge in [0, 0.05) is 39.4 Å². The van der Waals surface area contributed by atoms with Gasteiger partial charge in [-0.2, -0.15) is 0 Å². The lowest BCUT2D eigenvalue weighted by atomic mass is 10.2. The summed E-state index contributed by atoms with van der Waals surface area (Å²) in [7, 11) is 3.55. The molecule has 0 aromatic heterocycles. The molecule has 94 valence electrons. The Morgan fingerprint density at radius 2 is 2.24 bits per heavy atom. The second kappa shape index (κ2) is 6.05. The minimum atomic E-state index is -0.453. The summed E-state index contributed by atoms with van der Waals surface area (Å²) in [6.07, 6.45) is 0.878. The van der Waals surface area contributed by atoms with E-state index in [0.29, 0.717) is 12.3 Å². The molecule has 0 radical (unpaired) electrons. The molecule has 0 heterocycles. The highest BCUT2D eigenvalue weighted by Crippen LogP contribution is 2.26. The van der Waals surface area contributed by atoms with Crippen molar-refractivity contribution in [3.05, 3.63) is 28.3 Å². The number of hydrogen-bond donors (Lipinski definition) is 1. The molecule has 1 rings (SSSR count). The van der Waals surface area contributed by atoms with Crippen molar-refractivity contribution < 1.29 is 9.66 Å². The Kier molecular flexibility index (Phi) is 4.71. The van der Waals surface area contributed by atoms with Crippen LogP contribution < -0.4 is 10.6 Å². The van der Waals surface area contributed by atoms with E-state index in [0.717, 1.165) is 18.7 Å². The van der Waals surface area contributed by atoms with Crippen LogP contribution in [-0.2, 0) is 4.74 Å². The number of hydrogen-bond acceptors (Lipinski definition) is 5. The van der Waals surface area contributed by atoms with Crippen molar-refractivity contribution in [2.75, 3.05) is 37.9 Å². The summed E-state index contributed by atoms with van der Waals surface area (Å²) in [5.74, 6) is 0. The van der Waals surface area contributed by atoms with Crippen molar-refractivity contribution in [2.45, 2.75) is 6.42 Å². The van der Waals surface area contributed by atoms with Crippen LogP contribution in [0.2, 0.25) is 0 Å². The smallest absolute Gasteiger partial charge is 0.271 e. The Morgan fingerprint density at radius 1 is 1.53 bits per heavy atom. The monoisotopic (exact) mass is 239 g/mol. The maximum atomic E-state index is 10.6. The number of nitro benzene ring substituents is 1. The first-order chi connectivity index (χ1) is 8.06. The van der Waals surface area contributed by atoms with Crippen LogP contribution in [0.25, 0.3) is 0 Å². The summed E-state index contributed by atoms with van der Waals surface area (Å²) >= 11 is 0. The van der Waals surface area contributed by atoms with Crippen molar-refractivity contribution in [3.63, 3.8) is 0 Å². The molecular weight excluding hydrogens is 222 g/mol. The summed E-state index contributed by atoms with van der Waals surface area (Å²) in [6, 6.07) is 4.50. The van der Waals surface area contributed by atoms with E-state index >= 15 is 0 Å². The Morgan fingerprint density at radius 3 is 2.76 bits per heavy atom. The number of nitrogens with zero attached hydrogens (tertiary/aromatic N) is 2. The lowest BCUT2D eigenvalue weighted by Crippen LogP contribution is -2.20. The summed E-state index contributed by atoms with van der Waals surface area (Å²) in [4.78, 5) is 12.1. The van der Waals surface area contributed by atoms with Gasteiger partial charge in [-0.05, 0) is 12.5 Å². The maximum Gasteiger partial charge on any atom is 0.271 e. The highest BCUT2D eigenvalue weighted by Gasteiger charge is 2.11. The summed E-state index contributed by atoms with van der Waals surface area (Å²) in [5, 5.41) is 10.6. The van der Waals surface area contributed by atoms with Gasteiger partial charge in [0.1, 0.15) is 0 Å². The topological polar surface area (TPSA) is 81.6 Å². The van der Waals surface area contributed by atoms with E-state index in [1.165, 1.54) is 12.1 Å². The SMILES string of the molecule is COCCCN(C)c1ccc([N+](=O)[O-])cc1N. The van der Waals surface area contributed by atoms with E-state index < -0.39 is 4.92 Å². The fraction of sp³-hybridized carbons (Fsp3) is 0.455. The van der Waals surface area contributed by atoms with Crippen LogP contribution >= 0.6 is 0 Å². The van der Waals surface area contributed by atoms with Crippen molar-refractivity contribution in [3.8, 4) is 0 Å². The van der Waals surface area contributed by atoms with Gasteiger partial charge in [-0.1, -0.05) is 0 Å². The van der Waals surface area contributed by atoms with Gasteiger partial charge in [0.25, 0.3) is 5.69 Å². The number of ether oxygens (including phenoxy) is 1. The Bertz CT molecular complexity index is 396. The number of nitrogens with two attached hydrogens (primary N) is 1.